The summed E-state index contributed by atoms with van der Waals surface area (Å²) in [4.78, 5) is 22.8. The first-order chi connectivity index (χ1) is 9.11. The van der Waals surface area contributed by atoms with Gasteiger partial charge in [0.2, 0.25) is 0 Å². The Morgan fingerprint density at radius 1 is 1.16 bits per heavy atom. The molecule has 0 fully saturated rings. The van der Waals surface area contributed by atoms with Gasteiger partial charge in [-0.25, -0.2) is 0 Å². The van der Waals surface area contributed by atoms with Crippen LogP contribution in [0.25, 0.3) is 0 Å². The molecule has 104 valence electrons. The van der Waals surface area contributed by atoms with E-state index in [4.69, 9.17) is 9.47 Å². The van der Waals surface area contributed by atoms with Crippen molar-refractivity contribution < 1.29 is 19.1 Å². The molecule has 0 spiro atoms. The van der Waals surface area contributed by atoms with Crippen LogP contribution in [0.15, 0.2) is 24.3 Å². The number of carbonyl (C=O) groups is 2. The molecule has 0 aromatic heterocycles. The molecule has 19 heavy (non-hydrogen) atoms. The summed E-state index contributed by atoms with van der Waals surface area (Å²) in [6.07, 6.45) is 1.93. The number of aryl methyl sites for hydroxylation is 1. The van der Waals surface area contributed by atoms with Crippen molar-refractivity contribution in [2.24, 2.45) is 0 Å². The van der Waals surface area contributed by atoms with Gasteiger partial charge in [0.15, 0.2) is 0 Å². The molecule has 0 saturated carbocycles. The maximum absolute atomic E-state index is 11.5. The van der Waals surface area contributed by atoms with Crippen molar-refractivity contribution in [3.8, 4) is 5.75 Å². The van der Waals surface area contributed by atoms with Gasteiger partial charge >= 0.3 is 11.9 Å². The Balaban J connectivity index is 2.26. The number of carbonyl (C=O) groups excluding carboxylic acids is 2. The van der Waals surface area contributed by atoms with Crippen LogP contribution in [0, 0.1) is 6.92 Å². The molecule has 4 heteroatoms. The second-order valence-corrected chi connectivity index (χ2v) is 4.36. The van der Waals surface area contributed by atoms with Gasteiger partial charge in [0.05, 0.1) is 19.4 Å². The normalized spacial score (nSPS) is 10.0. The van der Waals surface area contributed by atoms with E-state index in [0.717, 1.165) is 18.4 Å². The molecule has 1 aromatic carbocycles. The summed E-state index contributed by atoms with van der Waals surface area (Å²) in [6, 6.07) is 7.22. The number of unbranched alkanes of at least 4 members (excludes halogenated alkanes) is 1. The Labute approximate surface area is 113 Å². The molecule has 1 rings (SSSR count). The Morgan fingerprint density at radius 3 is 2.58 bits per heavy atom. The molecular weight excluding hydrogens is 244 g/mol. The molecule has 0 amide bonds. The summed E-state index contributed by atoms with van der Waals surface area (Å²) in [5.41, 5.74) is 1.02. The standard InChI is InChI=1S/C15H20O4/c1-3-4-10-18-14(16)8-9-15(17)19-13-7-5-6-12(2)11-13/h5-7,11H,3-4,8-10H2,1-2H3. The minimum absolute atomic E-state index is 0.0406. The summed E-state index contributed by atoms with van der Waals surface area (Å²) in [7, 11) is 0. The van der Waals surface area contributed by atoms with Gasteiger partial charge in [0.1, 0.15) is 5.75 Å². The van der Waals surface area contributed by atoms with Crippen LogP contribution < -0.4 is 4.74 Å². The van der Waals surface area contributed by atoms with E-state index < -0.39 is 5.97 Å². The van der Waals surface area contributed by atoms with Crippen molar-refractivity contribution in [1.82, 2.24) is 0 Å². The van der Waals surface area contributed by atoms with E-state index in [9.17, 15) is 9.59 Å². The fourth-order valence-corrected chi connectivity index (χ4v) is 1.47. The molecule has 0 bridgehead atoms. The summed E-state index contributed by atoms with van der Waals surface area (Å²) in [5, 5.41) is 0. The second-order valence-electron chi connectivity index (χ2n) is 4.36. The van der Waals surface area contributed by atoms with Crippen molar-refractivity contribution in [3.05, 3.63) is 29.8 Å². The van der Waals surface area contributed by atoms with Crippen molar-refractivity contribution in [2.75, 3.05) is 6.61 Å². The Hall–Kier alpha value is -1.84. The molecule has 0 saturated heterocycles. The van der Waals surface area contributed by atoms with E-state index in [1.807, 2.05) is 26.0 Å². The highest BCUT2D eigenvalue weighted by molar-refractivity contribution is 5.79. The Bertz CT molecular complexity index is 426. The van der Waals surface area contributed by atoms with Gasteiger partial charge in [-0.3, -0.25) is 9.59 Å². The summed E-state index contributed by atoms with van der Waals surface area (Å²) in [6.45, 7) is 4.36. The van der Waals surface area contributed by atoms with Crippen LogP contribution in [0.5, 0.6) is 5.75 Å². The highest BCUT2D eigenvalue weighted by Crippen LogP contribution is 2.13. The summed E-state index contributed by atoms with van der Waals surface area (Å²) < 4.78 is 10.1. The number of ether oxygens (including phenoxy) is 2. The van der Waals surface area contributed by atoms with Crippen molar-refractivity contribution in [2.45, 2.75) is 39.5 Å². The number of esters is 2. The van der Waals surface area contributed by atoms with E-state index in [1.54, 1.807) is 12.1 Å². The van der Waals surface area contributed by atoms with E-state index in [-0.39, 0.29) is 18.8 Å². The lowest BCUT2D eigenvalue weighted by Gasteiger charge is -2.05. The Morgan fingerprint density at radius 2 is 1.89 bits per heavy atom. The van der Waals surface area contributed by atoms with Crippen LogP contribution in [0.4, 0.5) is 0 Å². The average Bonchev–Trinajstić information content (AvgIpc) is 2.37. The van der Waals surface area contributed by atoms with Crippen molar-refractivity contribution >= 4 is 11.9 Å². The second kappa shape index (κ2) is 8.29. The summed E-state index contributed by atoms with van der Waals surface area (Å²) >= 11 is 0. The highest BCUT2D eigenvalue weighted by atomic mass is 16.5. The first kappa shape index (κ1) is 15.2. The van der Waals surface area contributed by atoms with Crippen LogP contribution in [-0.2, 0) is 14.3 Å². The molecule has 1 aromatic rings. The number of hydrogen-bond acceptors (Lipinski definition) is 4. The molecule has 0 aliphatic carbocycles. The van der Waals surface area contributed by atoms with E-state index in [1.165, 1.54) is 0 Å². The molecule has 0 aliphatic rings. The third-order valence-corrected chi connectivity index (χ3v) is 2.52. The monoisotopic (exact) mass is 264 g/mol. The fourth-order valence-electron chi connectivity index (χ4n) is 1.47. The van der Waals surface area contributed by atoms with Gasteiger partial charge in [-0.15, -0.1) is 0 Å². The number of benzene rings is 1. The molecule has 0 atom stereocenters. The predicted octanol–water partition coefficient (Wildman–Crippen LogP) is 3.02. The van der Waals surface area contributed by atoms with E-state index in [2.05, 4.69) is 0 Å². The lowest BCUT2D eigenvalue weighted by molar-refractivity contribution is -0.147. The van der Waals surface area contributed by atoms with Crippen LogP contribution in [0.3, 0.4) is 0 Å². The minimum atomic E-state index is -0.418. The lowest BCUT2D eigenvalue weighted by atomic mass is 10.2. The minimum Gasteiger partial charge on any atom is -0.466 e. The Kier molecular flexibility index (Phi) is 6.64. The SMILES string of the molecule is CCCCOC(=O)CCC(=O)Oc1cccc(C)c1. The van der Waals surface area contributed by atoms with E-state index in [0.29, 0.717) is 12.4 Å². The zero-order valence-corrected chi connectivity index (χ0v) is 11.5. The van der Waals surface area contributed by atoms with Crippen LogP contribution >= 0.6 is 0 Å². The molecule has 0 unspecified atom stereocenters. The van der Waals surface area contributed by atoms with Crippen molar-refractivity contribution in [1.29, 1.82) is 0 Å². The maximum Gasteiger partial charge on any atom is 0.311 e. The molecule has 0 aliphatic heterocycles. The van der Waals surface area contributed by atoms with Gasteiger partial charge in [-0.1, -0.05) is 25.5 Å². The number of rotatable bonds is 7. The number of hydrogen-bond donors (Lipinski definition) is 0. The molecule has 4 nitrogen and oxygen atoms in total. The van der Waals surface area contributed by atoms with E-state index >= 15 is 0 Å². The van der Waals surface area contributed by atoms with Gasteiger partial charge in [-0.2, -0.15) is 0 Å². The maximum atomic E-state index is 11.5. The van der Waals surface area contributed by atoms with Gasteiger partial charge in [0, 0.05) is 0 Å². The first-order valence-electron chi connectivity index (χ1n) is 6.54. The smallest absolute Gasteiger partial charge is 0.311 e. The third-order valence-electron chi connectivity index (χ3n) is 2.52. The van der Waals surface area contributed by atoms with Crippen LogP contribution in [0.1, 0.15) is 38.2 Å². The lowest BCUT2D eigenvalue weighted by Crippen LogP contribution is -2.12. The molecule has 0 N–H and O–H groups in total. The van der Waals surface area contributed by atoms with Gasteiger partial charge < -0.3 is 9.47 Å². The third kappa shape index (κ3) is 6.60. The molecule has 0 radical (unpaired) electrons. The predicted molar refractivity (Wildman–Crippen MR) is 71.9 cm³/mol. The zero-order chi connectivity index (χ0) is 14.1. The first-order valence-corrected chi connectivity index (χ1v) is 6.54. The van der Waals surface area contributed by atoms with Crippen molar-refractivity contribution in [3.63, 3.8) is 0 Å². The molecule has 0 heterocycles. The highest BCUT2D eigenvalue weighted by Gasteiger charge is 2.10. The summed E-state index contributed by atoms with van der Waals surface area (Å²) in [5.74, 6) is -0.267. The molecular formula is C15H20O4. The van der Waals surface area contributed by atoms with Crippen LogP contribution in [-0.4, -0.2) is 18.5 Å². The average molecular weight is 264 g/mol. The fraction of sp³-hybridized carbons (Fsp3) is 0.467. The largest absolute Gasteiger partial charge is 0.466 e. The van der Waals surface area contributed by atoms with Gasteiger partial charge in [-0.05, 0) is 31.0 Å². The quantitative estimate of drug-likeness (QED) is 0.431. The van der Waals surface area contributed by atoms with Crippen LogP contribution in [0.2, 0.25) is 0 Å². The topological polar surface area (TPSA) is 52.6 Å². The zero-order valence-electron chi connectivity index (χ0n) is 11.5. The van der Waals surface area contributed by atoms with Gasteiger partial charge in [0.25, 0.3) is 0 Å².